The molecule has 4 saturated carbocycles. The lowest BCUT2D eigenvalue weighted by molar-refractivity contribution is -0.141. The Bertz CT molecular complexity index is 552. The highest BCUT2D eigenvalue weighted by Crippen LogP contribution is 2.70. The second-order valence-corrected chi connectivity index (χ2v) is 11.6. The minimum Gasteiger partial charge on any atom is -0.299 e. The normalized spacial score (nSPS) is 61.0. The maximum absolute atomic E-state index is 12.5. The summed E-state index contributed by atoms with van der Waals surface area (Å²) in [6.07, 6.45) is 10.4. The van der Waals surface area contributed by atoms with Gasteiger partial charge in [0.05, 0.1) is 0 Å². The summed E-state index contributed by atoms with van der Waals surface area (Å²) >= 11 is 2.25. The van der Waals surface area contributed by atoms with Gasteiger partial charge in [0.2, 0.25) is 0 Å². The Morgan fingerprint density at radius 3 is 2.57 bits per heavy atom. The molecule has 0 unspecified atom stereocenters. The number of hydrogen-bond donors (Lipinski definition) is 0. The van der Waals surface area contributed by atoms with E-state index in [1.807, 2.05) is 0 Å². The quantitative estimate of drug-likeness (QED) is 0.558. The van der Waals surface area contributed by atoms with E-state index < -0.39 is 0 Å². The molecule has 1 aliphatic heterocycles. The minimum absolute atomic E-state index is 0.0538. The lowest BCUT2D eigenvalue weighted by Crippen LogP contribution is -2.55. The van der Waals surface area contributed by atoms with Crippen LogP contribution in [0.25, 0.3) is 0 Å². The predicted molar refractivity (Wildman–Crippen MR) is 96.5 cm³/mol. The molecule has 0 bridgehead atoms. The zero-order valence-electron chi connectivity index (χ0n) is 15.1. The molecule has 0 amide bonds. The van der Waals surface area contributed by atoms with Crippen molar-refractivity contribution in [2.45, 2.75) is 76.9 Å². The predicted octanol–water partition coefficient (Wildman–Crippen LogP) is 5.33. The fourth-order valence-electron chi connectivity index (χ4n) is 7.92. The van der Waals surface area contributed by atoms with Gasteiger partial charge in [-0.05, 0) is 80.0 Å². The third kappa shape index (κ3) is 1.85. The van der Waals surface area contributed by atoms with Crippen molar-refractivity contribution in [3.8, 4) is 0 Å². The third-order valence-corrected chi connectivity index (χ3v) is 11.1. The van der Waals surface area contributed by atoms with Crippen molar-refractivity contribution < 1.29 is 4.79 Å². The standard InChI is InChI=1S/C21H32OS/c1-13-10-20(3)14(11-21(13)12-23-21)4-5-15-16-6-7-18(22)19(16,2)9-8-17(15)20/h13-17H,4-12H2,1-3H3/t13-,14+,15+,16+,17+,19+,20+,21+/m1/s1. The first kappa shape index (κ1) is 15.3. The highest BCUT2D eigenvalue weighted by molar-refractivity contribution is 8.07. The molecule has 2 heteroatoms. The van der Waals surface area contributed by atoms with Gasteiger partial charge in [-0.3, -0.25) is 4.79 Å². The number of thioether (sulfide) groups is 1. The van der Waals surface area contributed by atoms with E-state index in [0.717, 1.165) is 30.1 Å². The third-order valence-electron chi connectivity index (χ3n) is 9.53. The highest BCUT2D eigenvalue weighted by atomic mass is 32.2. The summed E-state index contributed by atoms with van der Waals surface area (Å²) in [4.78, 5) is 12.5. The molecule has 5 rings (SSSR count). The molecule has 0 aromatic rings. The Morgan fingerprint density at radius 2 is 1.83 bits per heavy atom. The van der Waals surface area contributed by atoms with E-state index >= 15 is 0 Å². The van der Waals surface area contributed by atoms with Gasteiger partial charge < -0.3 is 0 Å². The molecule has 1 nitrogen and oxygen atoms in total. The Balaban J connectivity index is 1.47. The van der Waals surface area contributed by atoms with Crippen molar-refractivity contribution in [1.29, 1.82) is 0 Å². The van der Waals surface area contributed by atoms with Crippen LogP contribution in [0, 0.1) is 40.4 Å². The van der Waals surface area contributed by atoms with Crippen molar-refractivity contribution in [1.82, 2.24) is 0 Å². The number of carbonyl (C=O) groups excluding carboxylic acids is 1. The molecular formula is C21H32OS. The van der Waals surface area contributed by atoms with Crippen LogP contribution in [0.5, 0.6) is 0 Å². The fourth-order valence-corrected chi connectivity index (χ4v) is 9.19. The molecule has 4 aliphatic carbocycles. The van der Waals surface area contributed by atoms with Crippen LogP contribution in [0.2, 0.25) is 0 Å². The fraction of sp³-hybridized carbons (Fsp3) is 0.952. The molecule has 0 radical (unpaired) electrons. The lowest BCUT2D eigenvalue weighted by atomic mass is 9.43. The Hall–Kier alpha value is 0.0200. The summed E-state index contributed by atoms with van der Waals surface area (Å²) in [7, 11) is 0. The Kier molecular flexibility index (Phi) is 3.05. The van der Waals surface area contributed by atoms with Crippen LogP contribution in [0.4, 0.5) is 0 Å². The van der Waals surface area contributed by atoms with Gasteiger partial charge in [-0.25, -0.2) is 0 Å². The van der Waals surface area contributed by atoms with Crippen molar-refractivity contribution in [2.24, 2.45) is 40.4 Å². The van der Waals surface area contributed by atoms with Crippen LogP contribution in [0.15, 0.2) is 0 Å². The smallest absolute Gasteiger partial charge is 0.139 e. The summed E-state index contributed by atoms with van der Waals surface area (Å²) < 4.78 is 0.684. The van der Waals surface area contributed by atoms with Gasteiger partial charge in [-0.1, -0.05) is 20.8 Å². The van der Waals surface area contributed by atoms with Crippen LogP contribution in [-0.4, -0.2) is 16.3 Å². The SMILES string of the molecule is C[C@@H]1C[C@@]2(C)[C@@H](CC[C@@H]3[C@@H]2CC[C@]2(C)C(=O)CC[C@@H]32)C[C@]12CS2. The molecule has 0 N–H and O–H groups in total. The van der Waals surface area contributed by atoms with Gasteiger partial charge in [0, 0.05) is 22.3 Å². The van der Waals surface area contributed by atoms with Gasteiger partial charge in [-0.15, -0.1) is 0 Å². The molecule has 23 heavy (non-hydrogen) atoms. The number of carbonyl (C=O) groups is 1. The monoisotopic (exact) mass is 332 g/mol. The van der Waals surface area contributed by atoms with E-state index in [1.165, 1.54) is 50.7 Å². The van der Waals surface area contributed by atoms with E-state index in [0.29, 0.717) is 21.9 Å². The topological polar surface area (TPSA) is 17.1 Å². The van der Waals surface area contributed by atoms with Crippen LogP contribution >= 0.6 is 11.8 Å². The lowest BCUT2D eigenvalue weighted by Gasteiger charge is -2.61. The van der Waals surface area contributed by atoms with Gasteiger partial charge in [0.15, 0.2) is 0 Å². The van der Waals surface area contributed by atoms with Crippen LogP contribution < -0.4 is 0 Å². The maximum Gasteiger partial charge on any atom is 0.139 e. The van der Waals surface area contributed by atoms with E-state index in [1.54, 1.807) is 0 Å². The average molecular weight is 333 g/mol. The summed E-state index contributed by atoms with van der Waals surface area (Å²) in [6.45, 7) is 7.51. The molecule has 1 heterocycles. The number of hydrogen-bond acceptors (Lipinski definition) is 2. The van der Waals surface area contributed by atoms with E-state index in [9.17, 15) is 4.79 Å². The van der Waals surface area contributed by atoms with Crippen molar-refractivity contribution in [2.75, 3.05) is 5.75 Å². The van der Waals surface area contributed by atoms with Gasteiger partial charge in [0.25, 0.3) is 0 Å². The van der Waals surface area contributed by atoms with Crippen molar-refractivity contribution >= 4 is 17.5 Å². The number of Topliss-reactive ketones (excluding diaryl/α,β-unsaturated/α-hetero) is 1. The summed E-state index contributed by atoms with van der Waals surface area (Å²) in [5.41, 5.74) is 0.627. The molecule has 1 spiro atoms. The van der Waals surface area contributed by atoms with Gasteiger partial charge in [-0.2, -0.15) is 11.8 Å². The van der Waals surface area contributed by atoms with Gasteiger partial charge in [0.1, 0.15) is 5.78 Å². The Morgan fingerprint density at radius 1 is 1.04 bits per heavy atom. The molecule has 128 valence electrons. The Labute approximate surface area is 145 Å². The van der Waals surface area contributed by atoms with Crippen molar-refractivity contribution in [3.05, 3.63) is 0 Å². The zero-order chi connectivity index (χ0) is 16.0. The van der Waals surface area contributed by atoms with Crippen LogP contribution in [0.3, 0.4) is 0 Å². The zero-order valence-corrected chi connectivity index (χ0v) is 15.9. The second kappa shape index (κ2) is 4.59. The molecule has 5 fully saturated rings. The first-order valence-electron chi connectivity index (χ1n) is 10.1. The van der Waals surface area contributed by atoms with Gasteiger partial charge >= 0.3 is 0 Å². The molecule has 0 aromatic carbocycles. The van der Waals surface area contributed by atoms with Crippen LogP contribution in [0.1, 0.15) is 72.1 Å². The summed E-state index contributed by atoms with van der Waals surface area (Å²) in [6, 6.07) is 0. The molecular weight excluding hydrogens is 300 g/mol. The molecule has 5 aliphatic rings. The van der Waals surface area contributed by atoms with E-state index in [2.05, 4.69) is 32.5 Å². The van der Waals surface area contributed by atoms with Crippen molar-refractivity contribution in [3.63, 3.8) is 0 Å². The minimum atomic E-state index is 0.0538. The molecule has 1 saturated heterocycles. The maximum atomic E-state index is 12.5. The van der Waals surface area contributed by atoms with E-state index in [4.69, 9.17) is 0 Å². The van der Waals surface area contributed by atoms with Crippen LogP contribution in [-0.2, 0) is 4.79 Å². The number of fused-ring (bicyclic) bond motifs is 5. The number of rotatable bonds is 0. The average Bonchev–Trinajstić information content (AvgIpc) is 3.22. The molecule has 8 atom stereocenters. The summed E-state index contributed by atoms with van der Waals surface area (Å²) in [5, 5.41) is 0. The molecule has 0 aromatic heterocycles. The first-order valence-corrected chi connectivity index (χ1v) is 11.0. The number of ketones is 1. The van der Waals surface area contributed by atoms with E-state index in [-0.39, 0.29) is 5.41 Å². The first-order chi connectivity index (χ1) is 10.9. The largest absolute Gasteiger partial charge is 0.299 e. The highest BCUT2D eigenvalue weighted by Gasteiger charge is 2.64. The second-order valence-electron chi connectivity index (χ2n) is 10.2. The summed E-state index contributed by atoms with van der Waals surface area (Å²) in [5.74, 6) is 6.39.